The maximum atomic E-state index is 12.5. The van der Waals surface area contributed by atoms with Crippen molar-refractivity contribution in [1.29, 1.82) is 0 Å². The molecule has 0 N–H and O–H groups in total. The molecule has 0 bridgehead atoms. The van der Waals surface area contributed by atoms with Gasteiger partial charge in [0.2, 0.25) is 0 Å². The zero-order valence-corrected chi connectivity index (χ0v) is 12.5. The summed E-state index contributed by atoms with van der Waals surface area (Å²) >= 11 is 1.47. The summed E-state index contributed by atoms with van der Waals surface area (Å²) in [4.78, 5) is 21.9. The molecule has 0 fully saturated rings. The molecule has 0 aliphatic heterocycles. The van der Waals surface area contributed by atoms with Crippen molar-refractivity contribution in [2.24, 2.45) is 0 Å². The molecule has 0 aliphatic rings. The normalized spacial score (nSPS) is 11.5. The van der Waals surface area contributed by atoms with E-state index in [2.05, 4.69) is 16.9 Å². The first-order valence-electron chi connectivity index (χ1n) is 6.86. The predicted octanol–water partition coefficient (Wildman–Crippen LogP) is 3.27. The average molecular weight is 297 g/mol. The van der Waals surface area contributed by atoms with Gasteiger partial charge in [0.05, 0.1) is 5.69 Å². The van der Waals surface area contributed by atoms with E-state index in [0.29, 0.717) is 0 Å². The van der Waals surface area contributed by atoms with E-state index in [1.807, 2.05) is 29.7 Å². The Kier molecular flexibility index (Phi) is 3.92. The van der Waals surface area contributed by atoms with Crippen LogP contribution in [0.2, 0.25) is 0 Å². The Hall–Kier alpha value is -2.27. The van der Waals surface area contributed by atoms with Gasteiger partial charge in [0.15, 0.2) is 4.96 Å². The summed E-state index contributed by atoms with van der Waals surface area (Å²) in [6.45, 7) is 2.07. The Balaban J connectivity index is 2.10. The van der Waals surface area contributed by atoms with Crippen LogP contribution in [0.5, 0.6) is 0 Å². The molecule has 0 saturated heterocycles. The minimum atomic E-state index is 0.0361. The molecule has 4 nitrogen and oxygen atoms in total. The highest BCUT2D eigenvalue weighted by Gasteiger charge is 2.10. The highest BCUT2D eigenvalue weighted by Crippen LogP contribution is 2.14. The molecule has 3 rings (SSSR count). The summed E-state index contributed by atoms with van der Waals surface area (Å²) in [5, 5.41) is 1.88. The third-order valence-corrected chi connectivity index (χ3v) is 3.97. The van der Waals surface area contributed by atoms with Crippen LogP contribution in [0.4, 0.5) is 0 Å². The molecular formula is C16H15N3OS. The first kappa shape index (κ1) is 13.7. The van der Waals surface area contributed by atoms with Gasteiger partial charge < -0.3 is 0 Å². The molecule has 3 heterocycles. The molecule has 0 amide bonds. The van der Waals surface area contributed by atoms with Crippen molar-refractivity contribution in [2.45, 2.75) is 19.8 Å². The fourth-order valence-electron chi connectivity index (χ4n) is 2.21. The maximum Gasteiger partial charge on any atom is 0.262 e. The summed E-state index contributed by atoms with van der Waals surface area (Å²) in [5.74, 6) is 0. The molecule has 0 spiro atoms. The minimum Gasteiger partial charge on any atom is -0.269 e. The zero-order valence-electron chi connectivity index (χ0n) is 11.7. The van der Waals surface area contributed by atoms with Gasteiger partial charge in [0.25, 0.3) is 5.56 Å². The number of rotatable bonds is 4. The molecule has 106 valence electrons. The van der Waals surface area contributed by atoms with E-state index in [0.717, 1.165) is 34.6 Å². The number of fused-ring (bicyclic) bond motifs is 1. The molecule has 0 radical (unpaired) electrons. The molecule has 21 heavy (non-hydrogen) atoms. The molecule has 3 aromatic heterocycles. The molecule has 5 heteroatoms. The minimum absolute atomic E-state index is 0.0361. The lowest BCUT2D eigenvalue weighted by atomic mass is 10.1. The van der Waals surface area contributed by atoms with E-state index in [1.54, 1.807) is 23.0 Å². The molecular weight excluding hydrogens is 282 g/mol. The van der Waals surface area contributed by atoms with Gasteiger partial charge in [-0.15, -0.1) is 11.3 Å². The zero-order chi connectivity index (χ0) is 14.7. The standard InChI is InChI=1S/C16H15N3OS/c1-2-4-13-14(7-6-12-5-3-8-17-11-12)18-16-19(15(13)20)9-10-21-16/h3,5-11H,2,4H2,1H3. The number of thiazole rings is 1. The van der Waals surface area contributed by atoms with Gasteiger partial charge in [0, 0.05) is 29.5 Å². The fraction of sp³-hybridized carbons (Fsp3) is 0.188. The van der Waals surface area contributed by atoms with Gasteiger partial charge in [-0.3, -0.25) is 14.2 Å². The van der Waals surface area contributed by atoms with E-state index in [9.17, 15) is 4.79 Å². The smallest absolute Gasteiger partial charge is 0.262 e. The Labute approximate surface area is 126 Å². The van der Waals surface area contributed by atoms with E-state index in [-0.39, 0.29) is 5.56 Å². The van der Waals surface area contributed by atoms with Crippen molar-refractivity contribution in [3.63, 3.8) is 0 Å². The second kappa shape index (κ2) is 6.01. The first-order chi connectivity index (χ1) is 10.3. The summed E-state index contributed by atoms with van der Waals surface area (Å²) in [7, 11) is 0. The number of pyridine rings is 1. The monoisotopic (exact) mass is 297 g/mol. The molecule has 0 saturated carbocycles. The SMILES string of the molecule is CCCc1c(C=Cc2cccnc2)nc2sccn2c1=O. The largest absolute Gasteiger partial charge is 0.269 e. The van der Waals surface area contributed by atoms with E-state index < -0.39 is 0 Å². The van der Waals surface area contributed by atoms with Crippen molar-refractivity contribution < 1.29 is 0 Å². The third-order valence-electron chi connectivity index (χ3n) is 3.21. The molecule has 0 aromatic carbocycles. The van der Waals surface area contributed by atoms with Crippen LogP contribution in [-0.2, 0) is 6.42 Å². The Morgan fingerprint density at radius 2 is 2.29 bits per heavy atom. The van der Waals surface area contributed by atoms with Crippen LogP contribution < -0.4 is 5.56 Å². The fourth-order valence-corrected chi connectivity index (χ4v) is 2.92. The van der Waals surface area contributed by atoms with Gasteiger partial charge >= 0.3 is 0 Å². The predicted molar refractivity (Wildman–Crippen MR) is 86.5 cm³/mol. The van der Waals surface area contributed by atoms with Gasteiger partial charge in [-0.2, -0.15) is 0 Å². The lowest BCUT2D eigenvalue weighted by molar-refractivity contribution is 0.875. The highest BCUT2D eigenvalue weighted by molar-refractivity contribution is 7.15. The molecule has 0 aliphatic carbocycles. The van der Waals surface area contributed by atoms with Crippen LogP contribution in [0.25, 0.3) is 17.1 Å². The third kappa shape index (κ3) is 2.78. The van der Waals surface area contributed by atoms with Crippen LogP contribution in [0, 0.1) is 0 Å². The average Bonchev–Trinajstić information content (AvgIpc) is 2.98. The van der Waals surface area contributed by atoms with E-state index in [1.165, 1.54) is 11.3 Å². The number of nitrogens with zero attached hydrogens (tertiary/aromatic N) is 3. The van der Waals surface area contributed by atoms with Crippen LogP contribution in [0.1, 0.15) is 30.2 Å². The van der Waals surface area contributed by atoms with Gasteiger partial charge in [0.1, 0.15) is 0 Å². The van der Waals surface area contributed by atoms with Gasteiger partial charge in [-0.25, -0.2) is 4.98 Å². The van der Waals surface area contributed by atoms with Crippen LogP contribution in [0.15, 0.2) is 40.9 Å². The first-order valence-corrected chi connectivity index (χ1v) is 7.74. The van der Waals surface area contributed by atoms with Crippen molar-refractivity contribution >= 4 is 28.4 Å². The van der Waals surface area contributed by atoms with Crippen molar-refractivity contribution in [1.82, 2.24) is 14.4 Å². The van der Waals surface area contributed by atoms with Crippen LogP contribution in [-0.4, -0.2) is 14.4 Å². The highest BCUT2D eigenvalue weighted by atomic mass is 32.1. The van der Waals surface area contributed by atoms with E-state index >= 15 is 0 Å². The Morgan fingerprint density at radius 3 is 3.05 bits per heavy atom. The second-order valence-electron chi connectivity index (χ2n) is 4.71. The lowest BCUT2D eigenvalue weighted by Crippen LogP contribution is -2.19. The molecule has 0 unspecified atom stereocenters. The second-order valence-corrected chi connectivity index (χ2v) is 5.58. The quantitative estimate of drug-likeness (QED) is 0.742. The van der Waals surface area contributed by atoms with Gasteiger partial charge in [-0.05, 0) is 24.1 Å². The number of hydrogen-bond donors (Lipinski definition) is 0. The summed E-state index contributed by atoms with van der Waals surface area (Å²) < 4.78 is 1.62. The summed E-state index contributed by atoms with van der Waals surface area (Å²) in [6.07, 6.45) is 10.8. The van der Waals surface area contributed by atoms with Crippen LogP contribution >= 0.6 is 11.3 Å². The molecule has 0 atom stereocenters. The van der Waals surface area contributed by atoms with Gasteiger partial charge in [-0.1, -0.05) is 25.5 Å². The van der Waals surface area contributed by atoms with Crippen molar-refractivity contribution in [3.05, 3.63) is 63.3 Å². The Morgan fingerprint density at radius 1 is 1.38 bits per heavy atom. The van der Waals surface area contributed by atoms with E-state index in [4.69, 9.17) is 0 Å². The Bertz CT molecular complexity index is 834. The number of aromatic nitrogens is 3. The van der Waals surface area contributed by atoms with Crippen molar-refractivity contribution in [3.8, 4) is 0 Å². The number of hydrogen-bond acceptors (Lipinski definition) is 4. The van der Waals surface area contributed by atoms with Crippen LogP contribution in [0.3, 0.4) is 0 Å². The topological polar surface area (TPSA) is 47.3 Å². The summed E-state index contributed by atoms with van der Waals surface area (Å²) in [5.41, 5.74) is 2.56. The van der Waals surface area contributed by atoms with Crippen molar-refractivity contribution in [2.75, 3.05) is 0 Å². The summed E-state index contributed by atoms with van der Waals surface area (Å²) in [6, 6.07) is 3.86. The maximum absolute atomic E-state index is 12.5. The molecule has 3 aromatic rings. The lowest BCUT2D eigenvalue weighted by Gasteiger charge is -2.04.